The molecule has 2 saturated heterocycles. The number of piperazine rings is 1. The molecule has 7 nitrogen and oxygen atoms in total. The van der Waals surface area contributed by atoms with Crippen molar-refractivity contribution in [3.05, 3.63) is 65.0 Å². The third kappa shape index (κ3) is 4.80. The molecular weight excluding hydrogens is 413 g/mol. The van der Waals surface area contributed by atoms with Gasteiger partial charge in [-0.2, -0.15) is 0 Å². The predicted molar refractivity (Wildman–Crippen MR) is 115 cm³/mol. The van der Waals surface area contributed by atoms with Crippen molar-refractivity contribution in [1.82, 2.24) is 14.7 Å². The van der Waals surface area contributed by atoms with Crippen molar-refractivity contribution in [3.8, 4) is 5.75 Å². The molecule has 0 aliphatic carbocycles. The lowest BCUT2D eigenvalue weighted by molar-refractivity contribution is -0.139. The van der Waals surface area contributed by atoms with E-state index in [1.54, 1.807) is 30.3 Å². The van der Waals surface area contributed by atoms with Gasteiger partial charge in [0.1, 0.15) is 0 Å². The smallest absolute Gasteiger partial charge is 0.253 e. The SMILES string of the molecule is COc1ccc(CN2CCN(C(=O)c3ccc(CN4C(=O)CCC4=O)cc3)CC2)cc1F. The molecule has 0 unspecified atom stereocenters. The molecule has 0 saturated carbocycles. The molecule has 8 heteroatoms. The summed E-state index contributed by atoms with van der Waals surface area (Å²) in [5.41, 5.74) is 2.27. The monoisotopic (exact) mass is 439 g/mol. The van der Waals surface area contributed by atoms with E-state index in [0.29, 0.717) is 38.3 Å². The zero-order chi connectivity index (χ0) is 22.7. The molecule has 0 atom stereocenters. The Hall–Kier alpha value is -3.26. The summed E-state index contributed by atoms with van der Waals surface area (Å²) in [6.45, 7) is 3.46. The molecule has 4 rings (SSSR count). The Kier molecular flexibility index (Phi) is 6.50. The number of ether oxygens (including phenoxy) is 1. The fourth-order valence-electron chi connectivity index (χ4n) is 4.09. The largest absolute Gasteiger partial charge is 0.494 e. The number of rotatable bonds is 6. The highest BCUT2D eigenvalue weighted by Gasteiger charge is 2.29. The van der Waals surface area contributed by atoms with E-state index >= 15 is 0 Å². The van der Waals surface area contributed by atoms with Crippen molar-refractivity contribution in [2.45, 2.75) is 25.9 Å². The van der Waals surface area contributed by atoms with Crippen LogP contribution in [0.1, 0.15) is 34.3 Å². The maximum Gasteiger partial charge on any atom is 0.253 e. The average Bonchev–Trinajstić information content (AvgIpc) is 3.12. The molecule has 2 aromatic rings. The molecule has 2 heterocycles. The summed E-state index contributed by atoms with van der Waals surface area (Å²) < 4.78 is 18.9. The van der Waals surface area contributed by atoms with Crippen LogP contribution in [-0.2, 0) is 22.7 Å². The van der Waals surface area contributed by atoms with Gasteiger partial charge in [0.15, 0.2) is 11.6 Å². The molecule has 32 heavy (non-hydrogen) atoms. The Bertz CT molecular complexity index is 1000. The summed E-state index contributed by atoms with van der Waals surface area (Å²) in [7, 11) is 1.44. The second-order valence-electron chi connectivity index (χ2n) is 8.11. The highest BCUT2D eigenvalue weighted by molar-refractivity contribution is 6.01. The van der Waals surface area contributed by atoms with Gasteiger partial charge in [0.2, 0.25) is 11.8 Å². The summed E-state index contributed by atoms with van der Waals surface area (Å²) >= 11 is 0. The molecule has 3 amide bonds. The van der Waals surface area contributed by atoms with E-state index in [-0.39, 0.29) is 48.7 Å². The minimum Gasteiger partial charge on any atom is -0.494 e. The van der Waals surface area contributed by atoms with E-state index in [1.165, 1.54) is 18.1 Å². The number of likely N-dealkylation sites (tertiary alicyclic amines) is 1. The van der Waals surface area contributed by atoms with Crippen LogP contribution in [0.5, 0.6) is 5.75 Å². The maximum atomic E-state index is 13.9. The van der Waals surface area contributed by atoms with E-state index in [0.717, 1.165) is 11.1 Å². The van der Waals surface area contributed by atoms with Gasteiger partial charge in [0, 0.05) is 51.1 Å². The molecule has 0 aromatic heterocycles. The summed E-state index contributed by atoms with van der Waals surface area (Å²) in [6.07, 6.45) is 0.545. The molecule has 168 valence electrons. The number of nitrogens with zero attached hydrogens (tertiary/aromatic N) is 3. The second-order valence-corrected chi connectivity index (χ2v) is 8.11. The first-order valence-corrected chi connectivity index (χ1v) is 10.7. The van der Waals surface area contributed by atoms with Gasteiger partial charge in [0.05, 0.1) is 13.7 Å². The molecular formula is C24H26FN3O4. The van der Waals surface area contributed by atoms with Crippen molar-refractivity contribution in [2.75, 3.05) is 33.3 Å². The number of benzene rings is 2. The Morgan fingerprint density at radius 3 is 2.12 bits per heavy atom. The van der Waals surface area contributed by atoms with Crippen LogP contribution >= 0.6 is 0 Å². The number of halogens is 1. The first-order chi connectivity index (χ1) is 15.4. The van der Waals surface area contributed by atoms with Crippen molar-refractivity contribution in [1.29, 1.82) is 0 Å². The third-order valence-corrected chi connectivity index (χ3v) is 5.98. The Morgan fingerprint density at radius 1 is 0.906 bits per heavy atom. The standard InChI is InChI=1S/C24H26FN3O4/c1-32-21-7-4-18(14-20(21)25)15-26-10-12-27(13-11-26)24(31)19-5-2-17(3-6-19)16-28-22(29)8-9-23(28)30/h2-7,14H,8-13,15-16H2,1H3. The van der Waals surface area contributed by atoms with Crippen LogP contribution in [0.25, 0.3) is 0 Å². The molecule has 2 aromatic carbocycles. The first-order valence-electron chi connectivity index (χ1n) is 10.7. The van der Waals surface area contributed by atoms with Gasteiger partial charge < -0.3 is 9.64 Å². The normalized spacial score (nSPS) is 17.2. The van der Waals surface area contributed by atoms with Gasteiger partial charge >= 0.3 is 0 Å². The van der Waals surface area contributed by atoms with E-state index in [2.05, 4.69) is 4.90 Å². The van der Waals surface area contributed by atoms with E-state index in [1.807, 2.05) is 11.0 Å². The average molecular weight is 439 g/mol. The predicted octanol–water partition coefficient (Wildman–Crippen LogP) is 2.44. The topological polar surface area (TPSA) is 70.2 Å². The summed E-state index contributed by atoms with van der Waals surface area (Å²) in [5, 5.41) is 0. The van der Waals surface area contributed by atoms with Crippen molar-refractivity contribution < 1.29 is 23.5 Å². The second kappa shape index (κ2) is 9.48. The summed E-state index contributed by atoms with van der Waals surface area (Å²) in [5.74, 6) is -0.481. The minimum absolute atomic E-state index is 0.0417. The van der Waals surface area contributed by atoms with Gasteiger partial charge in [0.25, 0.3) is 5.91 Å². The first kappa shape index (κ1) is 22.0. The summed E-state index contributed by atoms with van der Waals surface area (Å²) in [6, 6.07) is 12.0. The fraction of sp³-hybridized carbons (Fsp3) is 0.375. The summed E-state index contributed by atoms with van der Waals surface area (Å²) in [4.78, 5) is 41.7. The number of hydrogen-bond donors (Lipinski definition) is 0. The van der Waals surface area contributed by atoms with Gasteiger partial charge in [-0.15, -0.1) is 0 Å². The lowest BCUT2D eigenvalue weighted by Gasteiger charge is -2.34. The van der Waals surface area contributed by atoms with Crippen LogP contribution in [0.15, 0.2) is 42.5 Å². The van der Waals surface area contributed by atoms with Crippen molar-refractivity contribution >= 4 is 17.7 Å². The lowest BCUT2D eigenvalue weighted by Crippen LogP contribution is -2.48. The molecule has 0 spiro atoms. The van der Waals surface area contributed by atoms with Gasteiger partial charge in [-0.05, 0) is 35.4 Å². The number of methoxy groups -OCH3 is 1. The van der Waals surface area contributed by atoms with Gasteiger partial charge in [-0.1, -0.05) is 18.2 Å². The molecule has 2 aliphatic rings. The number of carbonyl (C=O) groups is 3. The van der Waals surface area contributed by atoms with Crippen LogP contribution in [0.2, 0.25) is 0 Å². The Balaban J connectivity index is 1.30. The van der Waals surface area contributed by atoms with E-state index in [9.17, 15) is 18.8 Å². The van der Waals surface area contributed by atoms with Crippen LogP contribution in [0.3, 0.4) is 0 Å². The quantitative estimate of drug-likeness (QED) is 0.647. The molecule has 0 bridgehead atoms. The fourth-order valence-corrected chi connectivity index (χ4v) is 4.09. The lowest BCUT2D eigenvalue weighted by atomic mass is 10.1. The molecule has 0 radical (unpaired) electrons. The van der Waals surface area contributed by atoms with Crippen LogP contribution in [0.4, 0.5) is 4.39 Å². The minimum atomic E-state index is -0.374. The third-order valence-electron chi connectivity index (χ3n) is 5.98. The number of hydrogen-bond acceptors (Lipinski definition) is 5. The van der Waals surface area contributed by atoms with Crippen molar-refractivity contribution in [3.63, 3.8) is 0 Å². The number of amides is 3. The molecule has 0 N–H and O–H groups in total. The van der Waals surface area contributed by atoms with Crippen LogP contribution in [0, 0.1) is 5.82 Å². The van der Waals surface area contributed by atoms with Gasteiger partial charge in [-0.3, -0.25) is 24.2 Å². The Morgan fingerprint density at radius 2 is 1.53 bits per heavy atom. The zero-order valence-electron chi connectivity index (χ0n) is 18.1. The van der Waals surface area contributed by atoms with Crippen molar-refractivity contribution in [2.24, 2.45) is 0 Å². The van der Waals surface area contributed by atoms with E-state index in [4.69, 9.17) is 4.74 Å². The molecule has 2 aliphatic heterocycles. The zero-order valence-corrected chi connectivity index (χ0v) is 18.1. The van der Waals surface area contributed by atoms with Gasteiger partial charge in [-0.25, -0.2) is 4.39 Å². The highest BCUT2D eigenvalue weighted by atomic mass is 19.1. The highest BCUT2D eigenvalue weighted by Crippen LogP contribution is 2.20. The number of imide groups is 1. The Labute approximate surface area is 186 Å². The van der Waals surface area contributed by atoms with E-state index < -0.39 is 0 Å². The number of carbonyl (C=O) groups excluding carboxylic acids is 3. The van der Waals surface area contributed by atoms with Crippen LogP contribution < -0.4 is 4.74 Å². The maximum absolute atomic E-state index is 13.9. The van der Waals surface area contributed by atoms with Crippen LogP contribution in [-0.4, -0.2) is 65.7 Å². The molecule has 2 fully saturated rings.